The van der Waals surface area contributed by atoms with Gasteiger partial charge in [-0.1, -0.05) is 13.0 Å². The highest BCUT2D eigenvalue weighted by Crippen LogP contribution is 2.31. The second-order valence-corrected chi connectivity index (χ2v) is 9.27. The Morgan fingerprint density at radius 2 is 2.03 bits per heavy atom. The zero-order chi connectivity index (χ0) is 21.5. The number of rotatable bonds is 8. The number of nitrogens with zero attached hydrogens (tertiary/aromatic N) is 1. The maximum absolute atomic E-state index is 12.9. The van der Waals surface area contributed by atoms with Crippen molar-refractivity contribution in [1.82, 2.24) is 10.6 Å². The van der Waals surface area contributed by atoms with Crippen LogP contribution in [-0.4, -0.2) is 51.6 Å². The summed E-state index contributed by atoms with van der Waals surface area (Å²) in [5, 5.41) is 6.23. The monoisotopic (exact) mass is 563 g/mol. The second-order valence-electron chi connectivity index (χ2n) is 7.04. The Bertz CT molecular complexity index is 804. The van der Waals surface area contributed by atoms with E-state index >= 15 is 0 Å². The predicted octanol–water partition coefficient (Wildman–Crippen LogP) is 3.47. The molecule has 0 saturated carbocycles. The Morgan fingerprint density at radius 1 is 1.30 bits per heavy atom. The number of hydrogen-bond acceptors (Lipinski definition) is 4. The van der Waals surface area contributed by atoms with Gasteiger partial charge < -0.3 is 15.4 Å². The molecule has 0 aromatic heterocycles. The lowest BCUT2D eigenvalue weighted by Gasteiger charge is -2.19. The first-order chi connectivity index (χ1) is 13.6. The molecule has 172 valence electrons. The molecular formula is C19H29F3IN3O3S. The van der Waals surface area contributed by atoms with Gasteiger partial charge in [-0.2, -0.15) is 13.2 Å². The molecule has 0 amide bonds. The molecule has 2 atom stereocenters. The van der Waals surface area contributed by atoms with Gasteiger partial charge in [-0.3, -0.25) is 0 Å². The van der Waals surface area contributed by atoms with E-state index in [9.17, 15) is 21.6 Å². The first-order valence-corrected chi connectivity index (χ1v) is 11.5. The second kappa shape index (κ2) is 12.0. The van der Waals surface area contributed by atoms with Gasteiger partial charge in [0.15, 0.2) is 15.8 Å². The summed E-state index contributed by atoms with van der Waals surface area (Å²) in [6, 6.07) is 4.79. The Morgan fingerprint density at radius 3 is 2.60 bits per heavy atom. The van der Waals surface area contributed by atoms with Gasteiger partial charge in [-0.05, 0) is 43.9 Å². The SMILES string of the molecule is CCNC(=NCC(CC)Oc1cccc(C(F)(F)F)c1)NCC1CCS(=O)(=O)C1.I. The van der Waals surface area contributed by atoms with E-state index in [4.69, 9.17) is 4.74 Å². The van der Waals surface area contributed by atoms with E-state index in [1.807, 2.05) is 13.8 Å². The molecule has 0 aliphatic carbocycles. The van der Waals surface area contributed by atoms with E-state index in [1.54, 1.807) is 0 Å². The topological polar surface area (TPSA) is 79.8 Å². The summed E-state index contributed by atoms with van der Waals surface area (Å²) in [6.45, 7) is 5.16. The van der Waals surface area contributed by atoms with Crippen LogP contribution in [0.1, 0.15) is 32.3 Å². The normalized spacial score (nSPS) is 19.6. The van der Waals surface area contributed by atoms with Crippen molar-refractivity contribution in [3.63, 3.8) is 0 Å². The van der Waals surface area contributed by atoms with Gasteiger partial charge in [-0.15, -0.1) is 24.0 Å². The fourth-order valence-corrected chi connectivity index (χ4v) is 4.86. The average molecular weight is 563 g/mol. The largest absolute Gasteiger partial charge is 0.488 e. The van der Waals surface area contributed by atoms with E-state index in [-0.39, 0.29) is 59.8 Å². The first kappa shape index (κ1) is 26.8. The minimum absolute atomic E-state index is 0. The number of halogens is 4. The van der Waals surface area contributed by atoms with Crippen LogP contribution in [0.4, 0.5) is 13.2 Å². The maximum Gasteiger partial charge on any atom is 0.416 e. The number of ether oxygens (including phenoxy) is 1. The van der Waals surface area contributed by atoms with Crippen LogP contribution >= 0.6 is 24.0 Å². The highest BCUT2D eigenvalue weighted by Gasteiger charge is 2.31. The highest BCUT2D eigenvalue weighted by molar-refractivity contribution is 14.0. The fourth-order valence-electron chi connectivity index (χ4n) is 3.00. The smallest absolute Gasteiger partial charge is 0.416 e. The molecule has 1 heterocycles. The zero-order valence-corrected chi connectivity index (χ0v) is 20.2. The quantitative estimate of drug-likeness (QED) is 0.288. The standard InChI is InChI=1S/C19H28F3N3O3S.HI/c1-3-16(28-17-7-5-6-15(10-17)19(20,21)22)12-25-18(23-4-2)24-11-14-8-9-29(26,27)13-14;/h5-7,10,14,16H,3-4,8-9,11-13H2,1-2H3,(H2,23,24,25);1H. The van der Waals surface area contributed by atoms with E-state index in [0.29, 0.717) is 31.9 Å². The highest BCUT2D eigenvalue weighted by atomic mass is 127. The van der Waals surface area contributed by atoms with Crippen molar-refractivity contribution < 1.29 is 26.3 Å². The zero-order valence-electron chi connectivity index (χ0n) is 17.0. The summed E-state index contributed by atoms with van der Waals surface area (Å²) in [7, 11) is -2.93. The number of alkyl halides is 3. The van der Waals surface area contributed by atoms with Gasteiger partial charge in [0.1, 0.15) is 11.9 Å². The number of aliphatic imine (C=N–C) groups is 1. The number of nitrogens with one attached hydrogen (secondary N) is 2. The number of hydrogen-bond donors (Lipinski definition) is 2. The summed E-state index contributed by atoms with van der Waals surface area (Å²) < 4.78 is 67.4. The van der Waals surface area contributed by atoms with Crippen LogP contribution < -0.4 is 15.4 Å². The van der Waals surface area contributed by atoms with Gasteiger partial charge in [0.25, 0.3) is 0 Å². The van der Waals surface area contributed by atoms with Crippen molar-refractivity contribution >= 4 is 39.8 Å². The third-order valence-corrected chi connectivity index (χ3v) is 6.44. The number of guanidine groups is 1. The van der Waals surface area contributed by atoms with Crippen LogP contribution in [0.2, 0.25) is 0 Å². The molecule has 1 saturated heterocycles. The third kappa shape index (κ3) is 8.86. The molecule has 11 heteroatoms. The van der Waals surface area contributed by atoms with Crippen LogP contribution in [-0.2, 0) is 16.0 Å². The summed E-state index contributed by atoms with van der Waals surface area (Å²) in [5.74, 6) is 1.12. The number of sulfone groups is 1. The lowest BCUT2D eigenvalue weighted by Crippen LogP contribution is -2.40. The summed E-state index contributed by atoms with van der Waals surface area (Å²) in [5.41, 5.74) is -0.755. The van der Waals surface area contributed by atoms with Crippen LogP contribution in [0.5, 0.6) is 5.75 Å². The molecule has 6 nitrogen and oxygen atoms in total. The Labute approximate surface area is 193 Å². The summed E-state index contributed by atoms with van der Waals surface area (Å²) >= 11 is 0. The van der Waals surface area contributed by atoms with Gasteiger partial charge in [0.05, 0.1) is 23.6 Å². The Hall–Kier alpha value is -1.24. The maximum atomic E-state index is 12.9. The van der Waals surface area contributed by atoms with E-state index in [2.05, 4.69) is 15.6 Å². The summed E-state index contributed by atoms with van der Waals surface area (Å²) in [4.78, 5) is 4.45. The summed E-state index contributed by atoms with van der Waals surface area (Å²) in [6.07, 6.45) is -3.61. The van der Waals surface area contributed by atoms with Crippen molar-refractivity contribution in [2.45, 2.75) is 39.0 Å². The lowest BCUT2D eigenvalue weighted by atomic mass is 10.1. The van der Waals surface area contributed by atoms with E-state index in [1.165, 1.54) is 12.1 Å². The van der Waals surface area contributed by atoms with Crippen molar-refractivity contribution in [2.75, 3.05) is 31.1 Å². The van der Waals surface area contributed by atoms with Gasteiger partial charge >= 0.3 is 6.18 Å². The van der Waals surface area contributed by atoms with E-state index < -0.39 is 21.6 Å². The molecule has 0 bridgehead atoms. The molecule has 2 rings (SSSR count). The van der Waals surface area contributed by atoms with Gasteiger partial charge in [-0.25, -0.2) is 13.4 Å². The minimum Gasteiger partial charge on any atom is -0.488 e. The molecule has 0 spiro atoms. The molecular weight excluding hydrogens is 534 g/mol. The predicted molar refractivity (Wildman–Crippen MR) is 122 cm³/mol. The van der Waals surface area contributed by atoms with Gasteiger partial charge in [0.2, 0.25) is 0 Å². The van der Waals surface area contributed by atoms with Crippen LogP contribution in [0.15, 0.2) is 29.3 Å². The van der Waals surface area contributed by atoms with E-state index in [0.717, 1.165) is 12.1 Å². The fraction of sp³-hybridized carbons (Fsp3) is 0.632. The van der Waals surface area contributed by atoms with Crippen LogP contribution in [0.25, 0.3) is 0 Å². The molecule has 2 unspecified atom stereocenters. The van der Waals surface area contributed by atoms with Crippen molar-refractivity contribution in [2.24, 2.45) is 10.9 Å². The molecule has 1 fully saturated rings. The molecule has 1 aromatic rings. The molecule has 1 aromatic carbocycles. The Balaban J connectivity index is 0.00000450. The lowest BCUT2D eigenvalue weighted by molar-refractivity contribution is -0.137. The average Bonchev–Trinajstić information content (AvgIpc) is 3.01. The Kier molecular flexibility index (Phi) is 10.7. The molecule has 1 aliphatic heterocycles. The van der Waals surface area contributed by atoms with Crippen molar-refractivity contribution in [1.29, 1.82) is 0 Å². The number of benzene rings is 1. The van der Waals surface area contributed by atoms with Crippen molar-refractivity contribution in [3.05, 3.63) is 29.8 Å². The minimum atomic E-state index is -4.42. The third-order valence-electron chi connectivity index (χ3n) is 4.60. The molecule has 0 radical (unpaired) electrons. The molecule has 1 aliphatic rings. The first-order valence-electron chi connectivity index (χ1n) is 9.69. The van der Waals surface area contributed by atoms with Crippen LogP contribution in [0.3, 0.4) is 0 Å². The van der Waals surface area contributed by atoms with Gasteiger partial charge in [0, 0.05) is 13.1 Å². The van der Waals surface area contributed by atoms with Crippen molar-refractivity contribution in [3.8, 4) is 5.75 Å². The molecule has 30 heavy (non-hydrogen) atoms. The van der Waals surface area contributed by atoms with Crippen LogP contribution in [0, 0.1) is 5.92 Å². The molecule has 2 N–H and O–H groups in total.